The van der Waals surface area contributed by atoms with E-state index in [9.17, 15) is 0 Å². The molecular formula is C18H32IN5O. The maximum atomic E-state index is 5.83. The minimum Gasteiger partial charge on any atom is -0.373 e. The zero-order valence-corrected chi connectivity index (χ0v) is 17.8. The standard InChI is InChI=1S/C18H31N5O.HI/c1-3-19-17(21-14-18(2)10-6-12-24-18)20-13-15-9-11-23(22-15)16-7-4-5-8-16;/h9,11,16H,3-8,10,12-14H2,1-2H3,(H2,19,20,21);1H. The fourth-order valence-electron chi connectivity index (χ4n) is 3.58. The Balaban J connectivity index is 0.00000225. The summed E-state index contributed by atoms with van der Waals surface area (Å²) < 4.78 is 7.96. The maximum Gasteiger partial charge on any atom is 0.191 e. The molecule has 1 saturated heterocycles. The molecule has 2 N–H and O–H groups in total. The number of nitrogens with zero attached hydrogens (tertiary/aromatic N) is 3. The van der Waals surface area contributed by atoms with E-state index in [0.717, 1.165) is 44.2 Å². The van der Waals surface area contributed by atoms with Crippen molar-refractivity contribution in [1.29, 1.82) is 0 Å². The Morgan fingerprint density at radius 1 is 1.36 bits per heavy atom. The van der Waals surface area contributed by atoms with Crippen LogP contribution in [0.15, 0.2) is 17.3 Å². The van der Waals surface area contributed by atoms with Gasteiger partial charge in [-0.25, -0.2) is 4.99 Å². The summed E-state index contributed by atoms with van der Waals surface area (Å²) in [7, 11) is 0. The first-order chi connectivity index (χ1) is 11.7. The predicted molar refractivity (Wildman–Crippen MR) is 112 cm³/mol. The molecule has 7 heteroatoms. The minimum atomic E-state index is -0.0692. The van der Waals surface area contributed by atoms with Gasteiger partial charge >= 0.3 is 0 Å². The van der Waals surface area contributed by atoms with Crippen LogP contribution in [0, 0.1) is 0 Å². The van der Waals surface area contributed by atoms with Crippen LogP contribution in [0.25, 0.3) is 0 Å². The summed E-state index contributed by atoms with van der Waals surface area (Å²) in [6, 6.07) is 2.68. The Kier molecular flexibility index (Phi) is 7.99. The lowest BCUT2D eigenvalue weighted by Crippen LogP contribution is -2.45. The Labute approximate surface area is 168 Å². The molecule has 1 unspecified atom stereocenters. The highest BCUT2D eigenvalue weighted by Crippen LogP contribution is 2.28. The third-order valence-electron chi connectivity index (χ3n) is 5.04. The second-order valence-corrected chi connectivity index (χ2v) is 7.18. The van der Waals surface area contributed by atoms with Crippen molar-refractivity contribution < 1.29 is 4.74 Å². The lowest BCUT2D eigenvalue weighted by Gasteiger charge is -2.24. The number of hydrogen-bond donors (Lipinski definition) is 2. The van der Waals surface area contributed by atoms with Crippen LogP contribution < -0.4 is 10.6 Å². The lowest BCUT2D eigenvalue weighted by molar-refractivity contribution is 0.0243. The van der Waals surface area contributed by atoms with Crippen LogP contribution in [0.3, 0.4) is 0 Å². The summed E-state index contributed by atoms with van der Waals surface area (Å²) in [5.41, 5.74) is 0.961. The van der Waals surface area contributed by atoms with Crippen LogP contribution in [-0.4, -0.2) is 41.0 Å². The second-order valence-electron chi connectivity index (χ2n) is 7.18. The minimum absolute atomic E-state index is 0. The summed E-state index contributed by atoms with van der Waals surface area (Å²) in [4.78, 5) is 4.68. The molecule has 1 aliphatic heterocycles. The third-order valence-corrected chi connectivity index (χ3v) is 5.04. The van der Waals surface area contributed by atoms with Crippen molar-refractivity contribution in [3.8, 4) is 0 Å². The SMILES string of the molecule is CCNC(=NCc1ccn(C2CCCC2)n1)NCC1(C)CCCO1.I. The van der Waals surface area contributed by atoms with Gasteiger partial charge in [-0.3, -0.25) is 4.68 Å². The van der Waals surface area contributed by atoms with Crippen LogP contribution in [0.2, 0.25) is 0 Å². The quantitative estimate of drug-likeness (QED) is 0.388. The first kappa shape index (κ1) is 20.5. The summed E-state index contributed by atoms with van der Waals surface area (Å²) >= 11 is 0. The molecule has 0 amide bonds. The van der Waals surface area contributed by atoms with Crippen molar-refractivity contribution in [3.05, 3.63) is 18.0 Å². The van der Waals surface area contributed by atoms with Crippen molar-refractivity contribution in [1.82, 2.24) is 20.4 Å². The molecule has 0 radical (unpaired) electrons. The molecule has 2 heterocycles. The number of rotatable bonds is 6. The number of halogens is 1. The summed E-state index contributed by atoms with van der Waals surface area (Å²) in [6.45, 7) is 7.35. The molecule has 1 atom stereocenters. The molecule has 2 aliphatic rings. The summed E-state index contributed by atoms with van der Waals surface area (Å²) in [5.74, 6) is 0.838. The molecule has 6 nitrogen and oxygen atoms in total. The number of ether oxygens (including phenoxy) is 1. The zero-order valence-electron chi connectivity index (χ0n) is 15.5. The number of nitrogens with one attached hydrogen (secondary N) is 2. The van der Waals surface area contributed by atoms with Crippen molar-refractivity contribution in [2.24, 2.45) is 4.99 Å². The van der Waals surface area contributed by atoms with Gasteiger partial charge in [0.05, 0.1) is 23.9 Å². The van der Waals surface area contributed by atoms with Gasteiger partial charge in [0.15, 0.2) is 5.96 Å². The number of aromatic nitrogens is 2. The van der Waals surface area contributed by atoms with Crippen LogP contribution in [0.1, 0.15) is 64.1 Å². The Morgan fingerprint density at radius 2 is 2.16 bits per heavy atom. The van der Waals surface area contributed by atoms with Crippen molar-refractivity contribution in [2.75, 3.05) is 19.7 Å². The van der Waals surface area contributed by atoms with Crippen LogP contribution in [0.4, 0.5) is 0 Å². The first-order valence-corrected chi connectivity index (χ1v) is 9.39. The van der Waals surface area contributed by atoms with Gasteiger partial charge in [-0.05, 0) is 45.6 Å². The average molecular weight is 461 g/mol. The van der Waals surface area contributed by atoms with E-state index in [-0.39, 0.29) is 29.6 Å². The largest absolute Gasteiger partial charge is 0.373 e. The normalized spacial score (nSPS) is 24.3. The highest BCUT2D eigenvalue weighted by molar-refractivity contribution is 14.0. The van der Waals surface area contributed by atoms with Gasteiger partial charge in [-0.1, -0.05) is 12.8 Å². The van der Waals surface area contributed by atoms with Crippen LogP contribution in [0.5, 0.6) is 0 Å². The number of guanidine groups is 1. The highest BCUT2D eigenvalue weighted by Gasteiger charge is 2.29. The zero-order chi connectivity index (χ0) is 16.8. The Morgan fingerprint density at radius 3 is 2.84 bits per heavy atom. The van der Waals surface area contributed by atoms with Crippen molar-refractivity contribution in [2.45, 2.75) is 70.6 Å². The molecule has 0 aromatic carbocycles. The lowest BCUT2D eigenvalue weighted by atomic mass is 10.0. The van der Waals surface area contributed by atoms with Gasteiger partial charge in [0, 0.05) is 25.9 Å². The fourth-order valence-corrected chi connectivity index (χ4v) is 3.58. The second kappa shape index (κ2) is 9.75. The topological polar surface area (TPSA) is 63.5 Å². The molecule has 0 spiro atoms. The monoisotopic (exact) mass is 461 g/mol. The predicted octanol–water partition coefficient (Wildman–Crippen LogP) is 3.24. The molecule has 1 aromatic rings. The van der Waals surface area contributed by atoms with Crippen molar-refractivity contribution >= 4 is 29.9 Å². The van der Waals surface area contributed by atoms with E-state index < -0.39 is 0 Å². The first-order valence-electron chi connectivity index (χ1n) is 9.39. The average Bonchev–Trinajstić information content (AvgIpc) is 3.31. The van der Waals surface area contributed by atoms with Gasteiger partial charge in [0.1, 0.15) is 0 Å². The Hall–Kier alpha value is -0.830. The number of aliphatic imine (C=N–C) groups is 1. The van der Waals surface area contributed by atoms with Crippen LogP contribution >= 0.6 is 24.0 Å². The molecule has 1 aliphatic carbocycles. The van der Waals surface area contributed by atoms with E-state index in [4.69, 9.17) is 9.84 Å². The van der Waals surface area contributed by atoms with E-state index >= 15 is 0 Å². The van der Waals surface area contributed by atoms with E-state index in [0.29, 0.717) is 12.6 Å². The summed E-state index contributed by atoms with van der Waals surface area (Å²) in [5, 5.41) is 11.4. The van der Waals surface area contributed by atoms with Gasteiger partial charge < -0.3 is 15.4 Å². The Bertz CT molecular complexity index is 547. The fraction of sp³-hybridized carbons (Fsp3) is 0.778. The van der Waals surface area contributed by atoms with E-state index in [1.165, 1.54) is 25.7 Å². The molecule has 1 saturated carbocycles. The van der Waals surface area contributed by atoms with E-state index in [1.807, 2.05) is 0 Å². The maximum absolute atomic E-state index is 5.83. The summed E-state index contributed by atoms with van der Waals surface area (Å²) in [6.07, 6.45) is 9.52. The van der Waals surface area contributed by atoms with Crippen LogP contribution in [-0.2, 0) is 11.3 Å². The van der Waals surface area contributed by atoms with Gasteiger partial charge in [-0.15, -0.1) is 24.0 Å². The number of hydrogen-bond acceptors (Lipinski definition) is 3. The van der Waals surface area contributed by atoms with Gasteiger partial charge in [0.25, 0.3) is 0 Å². The van der Waals surface area contributed by atoms with Gasteiger partial charge in [-0.2, -0.15) is 5.10 Å². The van der Waals surface area contributed by atoms with Crippen molar-refractivity contribution in [3.63, 3.8) is 0 Å². The molecule has 25 heavy (non-hydrogen) atoms. The molecule has 2 fully saturated rings. The van der Waals surface area contributed by atoms with E-state index in [2.05, 4.69) is 46.4 Å². The third kappa shape index (κ3) is 5.84. The highest BCUT2D eigenvalue weighted by atomic mass is 127. The molecule has 142 valence electrons. The smallest absolute Gasteiger partial charge is 0.191 e. The molecule has 3 rings (SSSR count). The molecular weight excluding hydrogens is 429 g/mol. The van der Waals surface area contributed by atoms with Gasteiger partial charge in [0.2, 0.25) is 0 Å². The molecule has 0 bridgehead atoms. The molecule has 1 aromatic heterocycles. The van der Waals surface area contributed by atoms with E-state index in [1.54, 1.807) is 0 Å².